The zero-order valence-corrected chi connectivity index (χ0v) is 18.8. The minimum Gasteiger partial charge on any atom is -0.383 e. The Morgan fingerprint density at radius 3 is 2.79 bits per heavy atom. The maximum absolute atomic E-state index is 6.15. The molecular formula is C21H30Cl2N4S. The number of amidine groups is 1. The number of aryl methyl sites for hydroxylation is 1. The summed E-state index contributed by atoms with van der Waals surface area (Å²) in [5.74, 6) is 0.608. The van der Waals surface area contributed by atoms with Gasteiger partial charge in [-0.25, -0.2) is 4.99 Å². The lowest BCUT2D eigenvalue weighted by molar-refractivity contribution is 0.297. The first kappa shape index (κ1) is 23.0. The molecule has 0 spiro atoms. The Morgan fingerprint density at radius 2 is 2.07 bits per heavy atom. The minimum atomic E-state index is 0. The molecule has 4 nitrogen and oxygen atoms in total. The Labute approximate surface area is 184 Å². The van der Waals surface area contributed by atoms with E-state index in [9.17, 15) is 0 Å². The topological polar surface area (TPSA) is 44.9 Å². The van der Waals surface area contributed by atoms with Crippen LogP contribution in [0.1, 0.15) is 36.1 Å². The summed E-state index contributed by atoms with van der Waals surface area (Å²) in [5.41, 5.74) is 9.92. The number of likely N-dealkylation sites (tertiary alicyclic amines) is 1. The van der Waals surface area contributed by atoms with Crippen LogP contribution in [0.25, 0.3) is 0 Å². The summed E-state index contributed by atoms with van der Waals surface area (Å²) in [6, 6.07) is 11.4. The SMILES string of the molecule is CN1CCC[C@@H]1CCN1CCCc2cc(N=C(N)c3cccs3)ccc21.Cl.Cl. The van der Waals surface area contributed by atoms with Crippen molar-refractivity contribution in [3.63, 3.8) is 0 Å². The lowest BCUT2D eigenvalue weighted by atomic mass is 10.00. The smallest absolute Gasteiger partial charge is 0.141 e. The Bertz CT molecular complexity index is 779. The summed E-state index contributed by atoms with van der Waals surface area (Å²) in [6.45, 7) is 3.58. The molecule has 0 unspecified atom stereocenters. The summed E-state index contributed by atoms with van der Waals surface area (Å²) in [6.07, 6.45) is 6.33. The van der Waals surface area contributed by atoms with Crippen LogP contribution in [0.2, 0.25) is 0 Å². The number of nitrogens with zero attached hydrogens (tertiary/aromatic N) is 3. The van der Waals surface area contributed by atoms with Gasteiger partial charge in [0.1, 0.15) is 5.84 Å². The van der Waals surface area contributed by atoms with Crippen molar-refractivity contribution in [3.05, 3.63) is 46.2 Å². The normalized spacial score (nSPS) is 19.7. The Kier molecular flexibility index (Phi) is 8.62. The molecule has 2 aromatic rings. The van der Waals surface area contributed by atoms with Gasteiger partial charge in [-0.3, -0.25) is 0 Å². The first-order chi connectivity index (χ1) is 12.7. The maximum atomic E-state index is 6.15. The molecule has 3 heterocycles. The fourth-order valence-electron chi connectivity index (χ4n) is 4.23. The average molecular weight is 441 g/mol. The van der Waals surface area contributed by atoms with Crippen LogP contribution in [0, 0.1) is 0 Å². The molecule has 0 radical (unpaired) electrons. The van der Waals surface area contributed by atoms with Crippen LogP contribution in [0.3, 0.4) is 0 Å². The van der Waals surface area contributed by atoms with E-state index in [2.05, 4.69) is 40.0 Å². The number of anilines is 1. The second-order valence-electron chi connectivity index (χ2n) is 7.44. The lowest BCUT2D eigenvalue weighted by Crippen LogP contribution is -2.34. The minimum absolute atomic E-state index is 0. The molecule has 154 valence electrons. The van der Waals surface area contributed by atoms with Crippen molar-refractivity contribution >= 4 is 53.4 Å². The van der Waals surface area contributed by atoms with Crippen molar-refractivity contribution in [2.24, 2.45) is 10.7 Å². The Hall–Kier alpha value is -1.27. The van der Waals surface area contributed by atoms with Crippen LogP contribution in [0.5, 0.6) is 0 Å². The molecule has 7 heteroatoms. The van der Waals surface area contributed by atoms with E-state index >= 15 is 0 Å². The molecule has 28 heavy (non-hydrogen) atoms. The van der Waals surface area contributed by atoms with Gasteiger partial charge in [-0.2, -0.15) is 0 Å². The molecule has 2 N–H and O–H groups in total. The number of hydrogen-bond donors (Lipinski definition) is 1. The quantitative estimate of drug-likeness (QED) is 0.532. The van der Waals surface area contributed by atoms with E-state index in [1.54, 1.807) is 11.3 Å². The number of thiophene rings is 1. The van der Waals surface area contributed by atoms with E-state index in [0.29, 0.717) is 5.84 Å². The summed E-state index contributed by atoms with van der Waals surface area (Å²) < 4.78 is 0. The van der Waals surface area contributed by atoms with Gasteiger partial charge in [-0.05, 0) is 80.9 Å². The van der Waals surface area contributed by atoms with Gasteiger partial charge in [0.2, 0.25) is 0 Å². The van der Waals surface area contributed by atoms with Gasteiger partial charge in [0.05, 0.1) is 10.6 Å². The van der Waals surface area contributed by atoms with E-state index in [1.807, 2.05) is 17.5 Å². The molecule has 0 bridgehead atoms. The third-order valence-corrected chi connectivity index (χ3v) is 6.60. The Morgan fingerprint density at radius 1 is 1.21 bits per heavy atom. The largest absolute Gasteiger partial charge is 0.383 e. The van der Waals surface area contributed by atoms with Gasteiger partial charge in [-0.15, -0.1) is 36.2 Å². The number of rotatable bonds is 5. The van der Waals surface area contributed by atoms with Crippen molar-refractivity contribution in [1.29, 1.82) is 0 Å². The number of benzene rings is 1. The van der Waals surface area contributed by atoms with Crippen LogP contribution in [-0.4, -0.2) is 43.5 Å². The first-order valence-corrected chi connectivity index (χ1v) is 10.5. The standard InChI is InChI=1S/C21H28N4S.2ClH/c1-24-11-3-6-18(24)10-13-25-12-2-5-16-15-17(8-9-19(16)25)23-21(22)20-7-4-14-26-20;;/h4,7-9,14-15,18H,2-3,5-6,10-13H2,1H3,(H2,22,23);2*1H/t18-;;/m1../s1. The van der Waals surface area contributed by atoms with Crippen molar-refractivity contribution in [3.8, 4) is 0 Å². The number of aliphatic imine (C=N–C) groups is 1. The second-order valence-corrected chi connectivity index (χ2v) is 8.39. The highest BCUT2D eigenvalue weighted by molar-refractivity contribution is 7.12. The predicted octanol–water partition coefficient (Wildman–Crippen LogP) is 4.87. The molecule has 4 rings (SSSR count). The van der Waals surface area contributed by atoms with E-state index in [1.165, 1.54) is 50.0 Å². The van der Waals surface area contributed by atoms with Gasteiger partial charge in [-0.1, -0.05) is 6.07 Å². The molecule has 0 saturated carbocycles. The second kappa shape index (κ2) is 10.5. The third kappa shape index (κ3) is 5.20. The summed E-state index contributed by atoms with van der Waals surface area (Å²) in [5, 5.41) is 2.03. The Balaban J connectivity index is 0.00000140. The monoisotopic (exact) mass is 440 g/mol. The van der Waals surface area contributed by atoms with Crippen molar-refractivity contribution in [1.82, 2.24) is 4.90 Å². The van der Waals surface area contributed by atoms with Gasteiger partial charge in [0, 0.05) is 24.8 Å². The lowest BCUT2D eigenvalue weighted by Gasteiger charge is -2.33. The van der Waals surface area contributed by atoms with Crippen LogP contribution < -0.4 is 10.6 Å². The summed E-state index contributed by atoms with van der Waals surface area (Å²) >= 11 is 1.63. The third-order valence-electron chi connectivity index (χ3n) is 5.70. The zero-order valence-electron chi connectivity index (χ0n) is 16.3. The highest BCUT2D eigenvalue weighted by Gasteiger charge is 2.23. The van der Waals surface area contributed by atoms with E-state index in [0.717, 1.165) is 29.6 Å². The molecule has 1 fully saturated rings. The molecule has 0 amide bonds. The predicted molar refractivity (Wildman–Crippen MR) is 126 cm³/mol. The highest BCUT2D eigenvalue weighted by Crippen LogP contribution is 2.31. The number of nitrogens with two attached hydrogens (primary N) is 1. The summed E-state index contributed by atoms with van der Waals surface area (Å²) in [4.78, 5) is 10.8. The van der Waals surface area contributed by atoms with E-state index < -0.39 is 0 Å². The van der Waals surface area contributed by atoms with E-state index in [4.69, 9.17) is 5.73 Å². The number of hydrogen-bond acceptors (Lipinski definition) is 4. The number of fused-ring (bicyclic) bond motifs is 1. The fraction of sp³-hybridized carbons (Fsp3) is 0.476. The molecule has 1 atom stereocenters. The van der Waals surface area contributed by atoms with Crippen LogP contribution in [0.4, 0.5) is 11.4 Å². The highest BCUT2D eigenvalue weighted by atomic mass is 35.5. The first-order valence-electron chi connectivity index (χ1n) is 9.67. The van der Waals surface area contributed by atoms with Crippen LogP contribution in [-0.2, 0) is 6.42 Å². The fourth-order valence-corrected chi connectivity index (χ4v) is 4.86. The summed E-state index contributed by atoms with van der Waals surface area (Å²) in [7, 11) is 2.27. The van der Waals surface area contributed by atoms with Gasteiger partial charge < -0.3 is 15.5 Å². The average Bonchev–Trinajstić information content (AvgIpc) is 3.31. The molecule has 1 aromatic heterocycles. The maximum Gasteiger partial charge on any atom is 0.141 e. The molecule has 2 aliphatic rings. The molecule has 1 saturated heterocycles. The van der Waals surface area contributed by atoms with E-state index in [-0.39, 0.29) is 24.8 Å². The molecule has 2 aliphatic heterocycles. The van der Waals surface area contributed by atoms with Gasteiger partial charge in [0.25, 0.3) is 0 Å². The molecule has 0 aliphatic carbocycles. The molecular weight excluding hydrogens is 411 g/mol. The van der Waals surface area contributed by atoms with Gasteiger partial charge in [0.15, 0.2) is 0 Å². The zero-order chi connectivity index (χ0) is 17.9. The van der Waals surface area contributed by atoms with Crippen molar-refractivity contribution in [2.45, 2.75) is 38.1 Å². The van der Waals surface area contributed by atoms with Crippen LogP contribution in [0.15, 0.2) is 40.7 Å². The van der Waals surface area contributed by atoms with Crippen LogP contribution >= 0.6 is 36.2 Å². The number of halogens is 2. The van der Waals surface area contributed by atoms with Crippen molar-refractivity contribution in [2.75, 3.05) is 31.6 Å². The molecule has 1 aromatic carbocycles. The van der Waals surface area contributed by atoms with Gasteiger partial charge >= 0.3 is 0 Å². The van der Waals surface area contributed by atoms with Crippen molar-refractivity contribution < 1.29 is 0 Å².